The van der Waals surface area contributed by atoms with Gasteiger partial charge in [0.05, 0.1) is 16.8 Å². The largest absolute Gasteiger partial charge is 0.496 e. The van der Waals surface area contributed by atoms with Crippen LogP contribution in [0, 0.1) is 0 Å². The highest BCUT2D eigenvalue weighted by Gasteiger charge is 2.29. The van der Waals surface area contributed by atoms with Crippen molar-refractivity contribution in [3.05, 3.63) is 60.2 Å². The summed E-state index contributed by atoms with van der Waals surface area (Å²) in [5.41, 5.74) is 1.21. The van der Waals surface area contributed by atoms with Crippen molar-refractivity contribution in [1.29, 1.82) is 0 Å². The third-order valence-electron chi connectivity index (χ3n) is 5.00. The molecule has 0 aromatic heterocycles. The Kier molecular flexibility index (Phi) is 5.82. The summed E-state index contributed by atoms with van der Waals surface area (Å²) in [5, 5.41) is 0. The lowest BCUT2D eigenvalue weighted by Gasteiger charge is -2.38. The molecule has 0 saturated carbocycles. The van der Waals surface area contributed by atoms with Gasteiger partial charge in [-0.1, -0.05) is 42.8 Å². The molecule has 1 saturated heterocycles. The van der Waals surface area contributed by atoms with Crippen LogP contribution >= 0.6 is 0 Å². The molecule has 25 heavy (non-hydrogen) atoms. The van der Waals surface area contributed by atoms with Crippen molar-refractivity contribution in [2.75, 3.05) is 13.7 Å². The molecule has 1 aliphatic rings. The van der Waals surface area contributed by atoms with Gasteiger partial charge in [0.1, 0.15) is 5.75 Å². The third-order valence-corrected chi connectivity index (χ3v) is 7.25. The van der Waals surface area contributed by atoms with Crippen molar-refractivity contribution >= 4 is 15.6 Å². The van der Waals surface area contributed by atoms with Crippen LogP contribution in [0.3, 0.4) is 0 Å². The van der Waals surface area contributed by atoms with E-state index in [-0.39, 0.29) is 0 Å². The molecule has 1 aliphatic heterocycles. The SMILES string of the molecule is C=S(=O)(c1ccccc1)N1CCCCC1CCc1ccccc1OC. The lowest BCUT2D eigenvalue weighted by molar-refractivity contribution is 0.250. The Morgan fingerprint density at radius 3 is 2.60 bits per heavy atom. The van der Waals surface area contributed by atoms with E-state index in [0.717, 1.165) is 42.9 Å². The normalized spacial score (nSPS) is 20.8. The van der Waals surface area contributed by atoms with Gasteiger partial charge in [-0.2, -0.15) is 0 Å². The van der Waals surface area contributed by atoms with Crippen molar-refractivity contribution in [2.24, 2.45) is 0 Å². The Morgan fingerprint density at radius 2 is 1.84 bits per heavy atom. The highest BCUT2D eigenvalue weighted by Crippen LogP contribution is 2.29. The Labute approximate surface area is 151 Å². The molecule has 0 radical (unpaired) electrons. The third kappa shape index (κ3) is 4.07. The van der Waals surface area contributed by atoms with Crippen LogP contribution in [0.25, 0.3) is 0 Å². The molecular weight excluding hydrogens is 330 g/mol. The van der Waals surface area contributed by atoms with E-state index in [4.69, 9.17) is 4.74 Å². The zero-order valence-electron chi connectivity index (χ0n) is 14.9. The quantitative estimate of drug-likeness (QED) is 0.726. The van der Waals surface area contributed by atoms with Crippen molar-refractivity contribution in [3.63, 3.8) is 0 Å². The molecule has 1 heterocycles. The fourth-order valence-electron chi connectivity index (χ4n) is 3.65. The highest BCUT2D eigenvalue weighted by atomic mass is 32.2. The van der Waals surface area contributed by atoms with Crippen molar-refractivity contribution in [3.8, 4) is 5.75 Å². The van der Waals surface area contributed by atoms with Gasteiger partial charge in [0.15, 0.2) is 0 Å². The van der Waals surface area contributed by atoms with E-state index >= 15 is 0 Å². The van der Waals surface area contributed by atoms with Gasteiger partial charge < -0.3 is 4.74 Å². The number of ether oxygens (including phenoxy) is 1. The number of benzene rings is 2. The van der Waals surface area contributed by atoms with Crippen molar-refractivity contribution in [2.45, 2.75) is 43.0 Å². The molecule has 2 aromatic carbocycles. The summed E-state index contributed by atoms with van der Waals surface area (Å²) < 4.78 is 21.1. The minimum Gasteiger partial charge on any atom is -0.496 e. The van der Waals surface area contributed by atoms with Crippen LogP contribution in [0.4, 0.5) is 0 Å². The summed E-state index contributed by atoms with van der Waals surface area (Å²) in [6, 6.07) is 18.1. The first-order chi connectivity index (χ1) is 12.1. The van der Waals surface area contributed by atoms with E-state index in [1.807, 2.05) is 48.5 Å². The molecule has 2 atom stereocenters. The maximum Gasteiger partial charge on any atom is 0.122 e. The van der Waals surface area contributed by atoms with Crippen LogP contribution in [-0.2, 0) is 16.1 Å². The van der Waals surface area contributed by atoms with E-state index in [9.17, 15) is 4.21 Å². The van der Waals surface area contributed by atoms with E-state index in [1.165, 1.54) is 12.0 Å². The highest BCUT2D eigenvalue weighted by molar-refractivity contribution is 7.98. The second-order valence-electron chi connectivity index (χ2n) is 6.59. The number of aryl methyl sites for hydroxylation is 1. The van der Waals surface area contributed by atoms with Gasteiger partial charge >= 0.3 is 0 Å². The first-order valence-corrected chi connectivity index (χ1v) is 10.6. The van der Waals surface area contributed by atoms with Crippen molar-refractivity contribution < 1.29 is 8.95 Å². The average molecular weight is 358 g/mol. The van der Waals surface area contributed by atoms with Crippen LogP contribution in [0.1, 0.15) is 31.2 Å². The minimum atomic E-state index is -2.43. The molecular formula is C21H27NO2S. The molecule has 4 heteroatoms. The predicted molar refractivity (Wildman–Crippen MR) is 106 cm³/mol. The van der Waals surface area contributed by atoms with E-state index in [2.05, 4.69) is 16.2 Å². The molecule has 3 rings (SSSR count). The molecule has 1 fully saturated rings. The Hall–Kier alpha value is -1.78. The van der Waals surface area contributed by atoms with Crippen LogP contribution in [0.2, 0.25) is 0 Å². The maximum atomic E-state index is 13.5. The monoisotopic (exact) mass is 357 g/mol. The topological polar surface area (TPSA) is 29.5 Å². The lowest BCUT2D eigenvalue weighted by Crippen LogP contribution is -2.43. The number of hydrogen-bond donors (Lipinski definition) is 0. The van der Waals surface area contributed by atoms with Gasteiger partial charge in [-0.3, -0.25) is 0 Å². The fraction of sp³-hybridized carbons (Fsp3) is 0.381. The number of hydrogen-bond acceptors (Lipinski definition) is 2. The second-order valence-corrected chi connectivity index (χ2v) is 8.82. The standard InChI is InChI=1S/C21H27NO2S/c1-24-21-14-7-6-10-18(21)15-16-19-11-8-9-17-22(19)25(2,23)20-12-4-3-5-13-20/h3-7,10,12-14,19H,2,8-9,11,15-17H2,1H3. The smallest absolute Gasteiger partial charge is 0.122 e. The number of piperidine rings is 1. The Balaban J connectivity index is 1.77. The average Bonchev–Trinajstić information content (AvgIpc) is 2.67. The van der Waals surface area contributed by atoms with Gasteiger partial charge in [-0.05, 0) is 55.3 Å². The second kappa shape index (κ2) is 8.07. The first kappa shape index (κ1) is 18.0. The molecule has 0 aliphatic carbocycles. The molecule has 0 bridgehead atoms. The van der Waals surface area contributed by atoms with Crippen LogP contribution in [0.15, 0.2) is 59.5 Å². The maximum absolute atomic E-state index is 13.5. The van der Waals surface area contributed by atoms with Gasteiger partial charge in [-0.15, -0.1) is 0 Å². The Bertz CT molecular complexity index is 787. The lowest BCUT2D eigenvalue weighted by atomic mass is 9.97. The van der Waals surface area contributed by atoms with Gasteiger partial charge in [0, 0.05) is 17.5 Å². The number of para-hydroxylation sites is 1. The molecule has 3 nitrogen and oxygen atoms in total. The van der Waals surface area contributed by atoms with Crippen molar-refractivity contribution in [1.82, 2.24) is 4.31 Å². The van der Waals surface area contributed by atoms with Crippen LogP contribution in [-0.4, -0.2) is 34.1 Å². The molecule has 2 aromatic rings. The molecule has 134 valence electrons. The van der Waals surface area contributed by atoms with Gasteiger partial charge in [0.2, 0.25) is 0 Å². The van der Waals surface area contributed by atoms with E-state index in [1.54, 1.807) is 7.11 Å². The molecule has 0 spiro atoms. The van der Waals surface area contributed by atoms with Crippen LogP contribution in [0.5, 0.6) is 5.75 Å². The molecule has 2 unspecified atom stereocenters. The van der Waals surface area contributed by atoms with Gasteiger partial charge in [-0.25, -0.2) is 8.51 Å². The van der Waals surface area contributed by atoms with Gasteiger partial charge in [0.25, 0.3) is 0 Å². The minimum absolute atomic E-state index is 0.295. The Morgan fingerprint density at radius 1 is 1.12 bits per heavy atom. The zero-order valence-corrected chi connectivity index (χ0v) is 15.7. The summed E-state index contributed by atoms with van der Waals surface area (Å²) in [5.74, 6) is 5.07. The fourth-order valence-corrected chi connectivity index (χ4v) is 5.62. The first-order valence-electron chi connectivity index (χ1n) is 8.94. The summed E-state index contributed by atoms with van der Waals surface area (Å²) in [6.07, 6.45) is 5.26. The summed E-state index contributed by atoms with van der Waals surface area (Å²) in [6.45, 7) is 0.855. The van der Waals surface area contributed by atoms with E-state index < -0.39 is 9.71 Å². The number of rotatable bonds is 6. The van der Waals surface area contributed by atoms with Crippen LogP contribution < -0.4 is 4.74 Å². The molecule has 0 N–H and O–H groups in total. The number of methoxy groups -OCH3 is 1. The summed E-state index contributed by atoms with van der Waals surface area (Å²) in [4.78, 5) is 0.833. The van der Waals surface area contributed by atoms with E-state index in [0.29, 0.717) is 6.04 Å². The summed E-state index contributed by atoms with van der Waals surface area (Å²) >= 11 is 0. The summed E-state index contributed by atoms with van der Waals surface area (Å²) in [7, 11) is -0.717. The predicted octanol–water partition coefficient (Wildman–Crippen LogP) is 4.17. The zero-order chi connectivity index (χ0) is 17.7. The number of nitrogens with zero attached hydrogens (tertiary/aromatic N) is 1. The molecule has 0 amide bonds.